The highest BCUT2D eigenvalue weighted by Crippen LogP contribution is 2.03. The lowest BCUT2D eigenvalue weighted by Gasteiger charge is -2.00. The summed E-state index contributed by atoms with van der Waals surface area (Å²) in [5.41, 5.74) is 0. The summed E-state index contributed by atoms with van der Waals surface area (Å²) in [4.78, 5) is 15.9. The van der Waals surface area contributed by atoms with Crippen molar-refractivity contribution in [3.63, 3.8) is 0 Å². The van der Waals surface area contributed by atoms with Crippen molar-refractivity contribution in [2.75, 3.05) is 20.3 Å². The summed E-state index contributed by atoms with van der Waals surface area (Å²) >= 11 is 0. The highest BCUT2D eigenvalue weighted by molar-refractivity contribution is 5.81. The van der Waals surface area contributed by atoms with E-state index >= 15 is 0 Å². The van der Waals surface area contributed by atoms with E-state index in [-0.39, 0.29) is 13.2 Å². The molecule has 86 valence electrons. The van der Waals surface area contributed by atoms with Gasteiger partial charge in [-0.25, -0.2) is 4.79 Å². The average Bonchev–Trinajstić information content (AvgIpc) is 2.35. The Morgan fingerprint density at radius 1 is 1.44 bits per heavy atom. The second kappa shape index (κ2) is 6.44. The predicted molar refractivity (Wildman–Crippen MR) is 55.8 cm³/mol. The van der Waals surface area contributed by atoms with E-state index in [4.69, 9.17) is 14.3 Å². The molecular weight excluding hydrogens is 210 g/mol. The molecule has 1 aromatic rings. The Morgan fingerprint density at radius 3 is 2.69 bits per heavy atom. The van der Waals surface area contributed by atoms with Gasteiger partial charge in [0, 0.05) is 22.9 Å². The maximum atomic E-state index is 10.7. The molecule has 0 N–H and O–H groups in total. The maximum absolute atomic E-state index is 10.7. The van der Waals surface area contributed by atoms with Gasteiger partial charge in [0.25, 0.3) is 0 Å². The topological polar surface area (TPSA) is 48.6 Å². The van der Waals surface area contributed by atoms with Crippen LogP contribution in [0.2, 0.25) is 0 Å². The summed E-state index contributed by atoms with van der Waals surface area (Å²) in [5, 5.41) is 0. The molecule has 0 fully saturated rings. The molecule has 0 unspecified atom stereocenters. The monoisotopic (exact) mass is 224 g/mol. The molecule has 0 aromatic carbocycles. The van der Waals surface area contributed by atoms with Gasteiger partial charge in [-0.1, -0.05) is 6.58 Å². The van der Waals surface area contributed by atoms with Crippen LogP contribution >= 0.6 is 0 Å². The Kier molecular flexibility index (Phi) is 4.85. The molecule has 1 rings (SSSR count). The Hall–Kier alpha value is -2.04. The summed E-state index contributed by atoms with van der Waals surface area (Å²) in [6.07, 6.45) is 4.52. The van der Waals surface area contributed by atoms with E-state index in [1.165, 1.54) is 4.73 Å². The van der Waals surface area contributed by atoms with Crippen LogP contribution in [0, 0.1) is 0 Å². The molecule has 1 heterocycles. The van der Waals surface area contributed by atoms with Crippen LogP contribution in [0.5, 0.6) is 5.75 Å². The minimum absolute atomic E-state index is 0.184. The zero-order chi connectivity index (χ0) is 11.8. The molecule has 5 heteroatoms. The van der Waals surface area contributed by atoms with Crippen molar-refractivity contribution < 1.29 is 23.8 Å². The lowest BCUT2D eigenvalue weighted by Crippen LogP contribution is -2.43. The zero-order valence-corrected chi connectivity index (χ0v) is 9.09. The Bertz CT molecular complexity index is 348. The first-order chi connectivity index (χ1) is 7.76. The molecular formula is C11H14NO4+. The molecule has 0 atom stereocenters. The Morgan fingerprint density at radius 2 is 2.12 bits per heavy atom. The number of nitrogens with zero attached hydrogens (tertiary/aromatic N) is 1. The van der Waals surface area contributed by atoms with Crippen molar-refractivity contribution in [1.29, 1.82) is 0 Å². The molecule has 0 radical (unpaired) electrons. The van der Waals surface area contributed by atoms with Gasteiger partial charge >= 0.3 is 5.97 Å². The fraction of sp³-hybridized carbons (Fsp3) is 0.273. The number of hydrogen-bond acceptors (Lipinski definition) is 4. The smallest absolute Gasteiger partial charge is 0.330 e. The second-order valence-electron chi connectivity index (χ2n) is 2.80. The van der Waals surface area contributed by atoms with E-state index in [0.29, 0.717) is 0 Å². The van der Waals surface area contributed by atoms with Crippen LogP contribution in [0.3, 0.4) is 0 Å². The van der Waals surface area contributed by atoms with Gasteiger partial charge in [-0.2, -0.15) is 0 Å². The quantitative estimate of drug-likeness (QED) is 0.298. The van der Waals surface area contributed by atoms with Crippen LogP contribution < -0.4 is 14.3 Å². The third-order valence-corrected chi connectivity index (χ3v) is 1.74. The first kappa shape index (κ1) is 12.0. The normalized spacial score (nSPS) is 9.31. The molecule has 0 bridgehead atoms. The second-order valence-corrected chi connectivity index (χ2v) is 2.80. The number of rotatable bonds is 6. The number of aromatic nitrogens is 1. The van der Waals surface area contributed by atoms with E-state index in [9.17, 15) is 4.79 Å². The highest BCUT2D eigenvalue weighted by atomic mass is 16.7. The average molecular weight is 224 g/mol. The Balaban J connectivity index is 2.26. The largest absolute Gasteiger partial charge is 0.496 e. The number of carbonyl (C=O) groups is 1. The molecule has 0 saturated carbocycles. The summed E-state index contributed by atoms with van der Waals surface area (Å²) in [6, 6.07) is 3.52. The number of carbonyl (C=O) groups excluding carboxylic acids is 1. The summed E-state index contributed by atoms with van der Waals surface area (Å²) in [5.74, 6) is 0.293. The predicted octanol–water partition coefficient (Wildman–Crippen LogP) is 0.140. The lowest BCUT2D eigenvalue weighted by molar-refractivity contribution is -0.891. The molecule has 0 aliphatic carbocycles. The van der Waals surface area contributed by atoms with Gasteiger partial charge in [0.15, 0.2) is 6.61 Å². The lowest BCUT2D eigenvalue weighted by atomic mass is 10.5. The Labute approximate surface area is 93.8 Å². The van der Waals surface area contributed by atoms with Gasteiger partial charge in [-0.05, 0) is 0 Å². The van der Waals surface area contributed by atoms with Crippen LogP contribution in [0.1, 0.15) is 0 Å². The molecule has 0 amide bonds. The van der Waals surface area contributed by atoms with Gasteiger partial charge in [0.05, 0.1) is 7.11 Å². The molecule has 0 saturated heterocycles. The number of esters is 1. The van der Waals surface area contributed by atoms with Crippen molar-refractivity contribution in [3.8, 4) is 5.75 Å². The number of ether oxygens (including phenoxy) is 2. The van der Waals surface area contributed by atoms with Gasteiger partial charge in [0.1, 0.15) is 12.4 Å². The van der Waals surface area contributed by atoms with Crippen molar-refractivity contribution in [1.82, 2.24) is 0 Å². The third-order valence-electron chi connectivity index (χ3n) is 1.74. The van der Waals surface area contributed by atoms with E-state index in [0.717, 1.165) is 11.8 Å². The molecule has 0 aliphatic heterocycles. The summed E-state index contributed by atoms with van der Waals surface area (Å²) in [7, 11) is 1.59. The standard InChI is InChI=1S/C11H14NO4/c1-3-11(13)15-8-9-16-12-6-4-10(14-2)5-7-12/h3-7H,1,8-9H2,2H3/q+1. The van der Waals surface area contributed by atoms with Crippen molar-refractivity contribution in [2.45, 2.75) is 0 Å². The molecule has 0 spiro atoms. The third kappa shape index (κ3) is 4.00. The van der Waals surface area contributed by atoms with Gasteiger partial charge in [-0.15, -0.1) is 0 Å². The van der Waals surface area contributed by atoms with Crippen molar-refractivity contribution in [2.24, 2.45) is 0 Å². The van der Waals surface area contributed by atoms with E-state index < -0.39 is 5.97 Å². The van der Waals surface area contributed by atoms with Gasteiger partial charge in [-0.3, -0.25) is 4.84 Å². The van der Waals surface area contributed by atoms with Crippen LogP contribution in [-0.4, -0.2) is 26.3 Å². The molecule has 16 heavy (non-hydrogen) atoms. The number of hydrogen-bond donors (Lipinski definition) is 0. The molecule has 5 nitrogen and oxygen atoms in total. The van der Waals surface area contributed by atoms with Crippen LogP contribution in [-0.2, 0) is 9.53 Å². The number of methoxy groups -OCH3 is 1. The number of pyridine rings is 1. The van der Waals surface area contributed by atoms with Crippen LogP contribution in [0.15, 0.2) is 37.2 Å². The van der Waals surface area contributed by atoms with Crippen LogP contribution in [0.25, 0.3) is 0 Å². The summed E-state index contributed by atoms with van der Waals surface area (Å²) in [6.45, 7) is 3.74. The van der Waals surface area contributed by atoms with Crippen molar-refractivity contribution in [3.05, 3.63) is 37.2 Å². The first-order valence-corrected chi connectivity index (χ1v) is 4.74. The minimum atomic E-state index is -0.455. The minimum Gasteiger partial charge on any atom is -0.496 e. The van der Waals surface area contributed by atoms with E-state index in [2.05, 4.69) is 6.58 Å². The highest BCUT2D eigenvalue weighted by Gasteiger charge is 2.02. The van der Waals surface area contributed by atoms with Crippen LogP contribution in [0.4, 0.5) is 0 Å². The molecule has 0 aliphatic rings. The summed E-state index contributed by atoms with van der Waals surface area (Å²) < 4.78 is 11.2. The zero-order valence-electron chi connectivity index (χ0n) is 9.09. The van der Waals surface area contributed by atoms with E-state index in [1.807, 2.05) is 0 Å². The SMILES string of the molecule is C=CC(=O)OCCO[n+]1ccc(OC)cc1. The van der Waals surface area contributed by atoms with E-state index in [1.54, 1.807) is 31.6 Å². The molecule has 1 aromatic heterocycles. The first-order valence-electron chi connectivity index (χ1n) is 4.74. The van der Waals surface area contributed by atoms with Gasteiger partial charge in [0.2, 0.25) is 12.4 Å². The fourth-order valence-electron chi connectivity index (χ4n) is 0.965. The maximum Gasteiger partial charge on any atom is 0.330 e. The fourth-order valence-corrected chi connectivity index (χ4v) is 0.965. The van der Waals surface area contributed by atoms with Gasteiger partial charge < -0.3 is 9.47 Å². The van der Waals surface area contributed by atoms with Crippen molar-refractivity contribution >= 4 is 5.97 Å².